The van der Waals surface area contributed by atoms with Crippen molar-refractivity contribution in [2.24, 2.45) is 0 Å². The van der Waals surface area contributed by atoms with Crippen LogP contribution >= 0.6 is 11.3 Å². The maximum absolute atomic E-state index is 13.5. The molecule has 236 valence electrons. The van der Waals surface area contributed by atoms with Crippen molar-refractivity contribution >= 4 is 39.5 Å². The Labute approximate surface area is 265 Å². The van der Waals surface area contributed by atoms with Crippen LogP contribution in [0.15, 0.2) is 42.6 Å². The molecule has 10 nitrogen and oxygen atoms in total. The van der Waals surface area contributed by atoms with Crippen molar-refractivity contribution in [1.29, 1.82) is 5.26 Å². The summed E-state index contributed by atoms with van der Waals surface area (Å²) in [7, 11) is 1.93. The molecule has 2 aliphatic heterocycles. The summed E-state index contributed by atoms with van der Waals surface area (Å²) in [5.41, 5.74) is 4.03. The van der Waals surface area contributed by atoms with Crippen molar-refractivity contribution < 1.29 is 13.6 Å². The number of carbonyl (C=O) groups excluding carboxylic acids is 1. The maximum Gasteiger partial charge on any atom is 0.236 e. The number of aromatic nitrogens is 3. The van der Waals surface area contributed by atoms with Crippen molar-refractivity contribution in [1.82, 2.24) is 29.1 Å². The fourth-order valence-corrected chi connectivity index (χ4v) is 6.92. The first-order valence-corrected chi connectivity index (χ1v) is 16.1. The number of piperazine rings is 2. The van der Waals surface area contributed by atoms with Crippen LogP contribution in [0.25, 0.3) is 16.9 Å². The van der Waals surface area contributed by atoms with E-state index in [0.717, 1.165) is 68.5 Å². The van der Waals surface area contributed by atoms with Crippen LogP contribution in [0.4, 0.5) is 25.4 Å². The number of imidazole rings is 1. The topological polar surface area (TPSA) is 87.3 Å². The lowest BCUT2D eigenvalue weighted by Crippen LogP contribution is -2.54. The quantitative estimate of drug-likeness (QED) is 0.273. The molecule has 0 bridgehead atoms. The molecule has 5 heterocycles. The number of hydrogen-bond acceptors (Lipinski definition) is 9. The lowest BCUT2D eigenvalue weighted by atomic mass is 10.1. The Morgan fingerprint density at radius 1 is 1.00 bits per heavy atom. The van der Waals surface area contributed by atoms with E-state index in [2.05, 4.69) is 44.4 Å². The molecule has 0 unspecified atom stereocenters. The second kappa shape index (κ2) is 13.5. The first kappa shape index (κ1) is 30.9. The Balaban J connectivity index is 1.16. The van der Waals surface area contributed by atoms with Crippen LogP contribution < -0.4 is 9.80 Å². The molecular weight excluding hydrogens is 596 g/mol. The van der Waals surface area contributed by atoms with E-state index in [4.69, 9.17) is 9.97 Å². The molecule has 2 saturated heterocycles. The van der Waals surface area contributed by atoms with E-state index in [-0.39, 0.29) is 18.4 Å². The zero-order valence-corrected chi connectivity index (χ0v) is 26.4. The molecule has 0 spiro atoms. The van der Waals surface area contributed by atoms with E-state index < -0.39 is 0 Å². The highest BCUT2D eigenvalue weighted by Crippen LogP contribution is 2.37. The number of alkyl halides is 1. The van der Waals surface area contributed by atoms with Gasteiger partial charge < -0.3 is 14.7 Å². The van der Waals surface area contributed by atoms with Crippen LogP contribution in [0.1, 0.15) is 17.5 Å². The third-order valence-electron chi connectivity index (χ3n) is 8.64. The van der Waals surface area contributed by atoms with Crippen LogP contribution in [0.3, 0.4) is 0 Å². The second-order valence-corrected chi connectivity index (χ2v) is 12.4. The van der Waals surface area contributed by atoms with E-state index in [1.807, 2.05) is 22.9 Å². The van der Waals surface area contributed by atoms with Crippen LogP contribution in [0, 0.1) is 17.1 Å². The molecule has 1 aromatic carbocycles. The Bertz CT molecular complexity index is 1680. The lowest BCUT2D eigenvalue weighted by molar-refractivity contribution is -0.134. The van der Waals surface area contributed by atoms with Crippen molar-refractivity contribution in [2.75, 3.05) is 89.0 Å². The molecule has 13 heteroatoms. The number of fused-ring (bicyclic) bond motifs is 1. The first-order valence-electron chi connectivity index (χ1n) is 15.3. The van der Waals surface area contributed by atoms with Gasteiger partial charge in [-0.15, -0.1) is 0 Å². The molecule has 1 amide bonds. The van der Waals surface area contributed by atoms with Gasteiger partial charge in [-0.1, -0.05) is 18.3 Å². The Hall–Kier alpha value is -4.12. The molecule has 0 N–H and O–H groups in total. The van der Waals surface area contributed by atoms with Crippen LogP contribution in [0.2, 0.25) is 0 Å². The third-order valence-corrected chi connectivity index (χ3v) is 9.68. The van der Waals surface area contributed by atoms with Gasteiger partial charge >= 0.3 is 0 Å². The highest BCUT2D eigenvalue weighted by atomic mass is 32.1. The van der Waals surface area contributed by atoms with E-state index in [9.17, 15) is 18.8 Å². The van der Waals surface area contributed by atoms with Gasteiger partial charge in [-0.3, -0.25) is 19.0 Å². The van der Waals surface area contributed by atoms with E-state index >= 15 is 0 Å². The second-order valence-electron chi connectivity index (χ2n) is 11.4. The number of benzene rings is 1. The smallest absolute Gasteiger partial charge is 0.236 e. The van der Waals surface area contributed by atoms with Crippen LogP contribution in [0.5, 0.6) is 0 Å². The Kier molecular flexibility index (Phi) is 9.25. The summed E-state index contributed by atoms with van der Waals surface area (Å²) >= 11 is 1.30. The Morgan fingerprint density at radius 2 is 1.71 bits per heavy atom. The number of halogens is 2. The fraction of sp³-hybridized carbons (Fsp3) is 0.438. The summed E-state index contributed by atoms with van der Waals surface area (Å²) in [5, 5.41) is 10.5. The number of hydrogen-bond donors (Lipinski definition) is 0. The number of nitrogens with zero attached hydrogens (tertiary/aromatic N) is 9. The highest BCUT2D eigenvalue weighted by molar-refractivity contribution is 7.16. The van der Waals surface area contributed by atoms with Gasteiger partial charge in [0.05, 0.1) is 17.9 Å². The number of carbonyl (C=O) groups is 1. The minimum absolute atomic E-state index is 0.146. The average molecular weight is 634 g/mol. The number of thiazole rings is 1. The predicted octanol–water partition coefficient (Wildman–Crippen LogP) is 4.03. The van der Waals surface area contributed by atoms with Gasteiger partial charge in [-0.25, -0.2) is 18.7 Å². The molecule has 0 aliphatic carbocycles. The number of pyridine rings is 1. The van der Waals surface area contributed by atoms with Gasteiger partial charge in [0.2, 0.25) is 5.91 Å². The van der Waals surface area contributed by atoms with Crippen LogP contribution in [-0.2, 0) is 11.2 Å². The van der Waals surface area contributed by atoms with Gasteiger partial charge in [0, 0.05) is 77.7 Å². The van der Waals surface area contributed by atoms with Gasteiger partial charge in [-0.05, 0) is 42.8 Å². The minimum Gasteiger partial charge on any atom is -0.368 e. The van der Waals surface area contributed by atoms with Gasteiger partial charge in [0.1, 0.15) is 40.6 Å². The van der Waals surface area contributed by atoms with E-state index in [0.29, 0.717) is 47.4 Å². The summed E-state index contributed by atoms with van der Waals surface area (Å²) < 4.78 is 28.3. The van der Waals surface area contributed by atoms with Crippen molar-refractivity contribution in [3.8, 4) is 17.3 Å². The third kappa shape index (κ3) is 6.49. The molecule has 4 aromatic rings. The SMILES string of the molecule is CCc1nc2ccc(N3CCN(CC(=O)N4CCN(CCF)CC4)CC3)cn2c1N(C)c1nc(-c2ccc(F)cc2)c(C#N)s1. The molecular formula is C32H37F2N9OS. The molecule has 6 rings (SSSR count). The van der Waals surface area contributed by atoms with Crippen LogP contribution in [-0.4, -0.2) is 114 Å². The largest absolute Gasteiger partial charge is 0.368 e. The molecule has 2 aliphatic rings. The standard InChI is InChI=1S/C32H37F2N9OS/c1-3-26-31(38(2)32-37-30(27(20-35)45-32)23-4-6-24(34)7-5-23)43-21-25(8-9-28(43)36-26)41-16-14-40(15-17-41)22-29(44)42-18-12-39(11-10-33)13-19-42/h4-9,21H,3,10-19,22H2,1-2H3. The predicted molar refractivity (Wildman–Crippen MR) is 173 cm³/mol. The average Bonchev–Trinajstić information content (AvgIpc) is 3.67. The van der Waals surface area contributed by atoms with Crippen molar-refractivity contribution in [2.45, 2.75) is 13.3 Å². The monoisotopic (exact) mass is 633 g/mol. The van der Waals surface area contributed by atoms with Gasteiger partial charge in [0.25, 0.3) is 0 Å². The van der Waals surface area contributed by atoms with Crippen molar-refractivity contribution in [3.05, 3.63) is 59.0 Å². The zero-order valence-electron chi connectivity index (χ0n) is 25.6. The molecule has 45 heavy (non-hydrogen) atoms. The molecule has 0 atom stereocenters. The number of aryl methyl sites for hydroxylation is 1. The number of anilines is 3. The minimum atomic E-state index is -0.349. The zero-order chi connectivity index (χ0) is 31.5. The Morgan fingerprint density at radius 3 is 2.38 bits per heavy atom. The van der Waals surface area contributed by atoms with E-state index in [1.54, 1.807) is 12.1 Å². The molecule has 3 aromatic heterocycles. The summed E-state index contributed by atoms with van der Waals surface area (Å²) in [6.45, 7) is 8.50. The number of amides is 1. The lowest BCUT2D eigenvalue weighted by Gasteiger charge is -2.38. The summed E-state index contributed by atoms with van der Waals surface area (Å²) in [5.74, 6) is 0.691. The van der Waals surface area contributed by atoms with Crippen molar-refractivity contribution in [3.63, 3.8) is 0 Å². The fourth-order valence-electron chi connectivity index (χ4n) is 6.07. The van der Waals surface area contributed by atoms with E-state index in [1.165, 1.54) is 23.5 Å². The number of rotatable bonds is 9. The molecule has 0 radical (unpaired) electrons. The maximum atomic E-state index is 13.5. The van der Waals surface area contributed by atoms with Gasteiger partial charge in [-0.2, -0.15) is 5.26 Å². The highest BCUT2D eigenvalue weighted by Gasteiger charge is 2.26. The summed E-state index contributed by atoms with van der Waals surface area (Å²) in [6.07, 6.45) is 2.82. The molecule has 2 fully saturated rings. The first-order chi connectivity index (χ1) is 21.9. The summed E-state index contributed by atoms with van der Waals surface area (Å²) in [4.78, 5) is 33.6. The molecule has 0 saturated carbocycles. The normalized spacial score (nSPS) is 16.3. The number of nitriles is 1. The van der Waals surface area contributed by atoms with Gasteiger partial charge in [0.15, 0.2) is 5.13 Å². The summed E-state index contributed by atoms with van der Waals surface area (Å²) in [6, 6.07) is 12.4.